The molecule has 2 aliphatic rings. The second kappa shape index (κ2) is 9.35. The van der Waals surface area contributed by atoms with E-state index < -0.39 is 0 Å². The molecule has 0 saturated carbocycles. The van der Waals surface area contributed by atoms with Crippen molar-refractivity contribution in [1.82, 2.24) is 4.98 Å². The summed E-state index contributed by atoms with van der Waals surface area (Å²) in [4.78, 5) is 9.80. The Labute approximate surface area is 274 Å². The Morgan fingerprint density at radius 2 is 1.21 bits per heavy atom. The molecule has 3 aromatic heterocycles. The highest BCUT2D eigenvalue weighted by Crippen LogP contribution is 2.48. The third kappa shape index (κ3) is 3.40. The number of thiophene rings is 1. The van der Waals surface area contributed by atoms with Crippen LogP contribution in [0.3, 0.4) is 0 Å². The molecule has 0 radical (unpaired) electrons. The molecule has 6 heteroatoms. The maximum atomic E-state index is 6.54. The molecule has 0 bridgehead atoms. The number of aromatic nitrogens is 1. The topological polar surface area (TPSA) is 32.5 Å². The van der Waals surface area contributed by atoms with Crippen molar-refractivity contribution in [2.24, 2.45) is 0 Å². The lowest BCUT2D eigenvalue weighted by Crippen LogP contribution is -2.61. The van der Waals surface area contributed by atoms with Crippen LogP contribution in [-0.4, -0.2) is 11.7 Å². The van der Waals surface area contributed by atoms with Gasteiger partial charge in [0.05, 0.1) is 34.2 Å². The predicted molar refractivity (Wildman–Crippen MR) is 198 cm³/mol. The molecule has 2 aliphatic heterocycles. The molecule has 0 fully saturated rings. The van der Waals surface area contributed by atoms with Gasteiger partial charge in [0.1, 0.15) is 11.2 Å². The smallest absolute Gasteiger partial charge is 0.252 e. The molecule has 11 rings (SSSR count). The fourth-order valence-electron chi connectivity index (χ4n) is 7.98. The first-order chi connectivity index (χ1) is 23.3. The van der Waals surface area contributed by atoms with Crippen LogP contribution in [0.2, 0.25) is 0 Å². The van der Waals surface area contributed by atoms with E-state index in [9.17, 15) is 0 Å². The zero-order chi connectivity index (χ0) is 30.6. The number of anilines is 6. The molecule has 0 aliphatic carbocycles. The lowest BCUT2D eigenvalue weighted by atomic mass is 9.33. The number of rotatable bonds is 2. The SMILES string of the molecule is c1ccc(N2c3cc4c(cc3B3c5ccc6c(sc7ccccc76)c5N(c5ccccc5)c5cncc2c53)oc2ccccc24)cc1. The zero-order valence-electron chi connectivity index (χ0n) is 25.1. The number of hydrogen-bond donors (Lipinski definition) is 0. The van der Waals surface area contributed by atoms with Gasteiger partial charge in [-0.15, -0.1) is 11.3 Å². The second-order valence-corrected chi connectivity index (χ2v) is 13.4. The minimum Gasteiger partial charge on any atom is -0.456 e. The summed E-state index contributed by atoms with van der Waals surface area (Å²) in [6.07, 6.45) is 4.10. The molecular formula is C41H24BN3OS. The Hall–Kier alpha value is -5.85. The first-order valence-corrected chi connectivity index (χ1v) is 16.7. The molecular weight excluding hydrogens is 593 g/mol. The molecule has 47 heavy (non-hydrogen) atoms. The van der Waals surface area contributed by atoms with Gasteiger partial charge in [-0.1, -0.05) is 84.9 Å². The van der Waals surface area contributed by atoms with Crippen molar-refractivity contribution in [3.8, 4) is 0 Å². The van der Waals surface area contributed by atoms with E-state index in [-0.39, 0.29) is 6.71 Å². The van der Waals surface area contributed by atoms with Gasteiger partial charge >= 0.3 is 0 Å². The number of hydrogen-bond acceptors (Lipinski definition) is 5. The molecule has 0 saturated heterocycles. The average molecular weight is 618 g/mol. The fraction of sp³-hybridized carbons (Fsp3) is 0. The monoisotopic (exact) mass is 617 g/mol. The van der Waals surface area contributed by atoms with E-state index in [1.54, 1.807) is 0 Å². The minimum atomic E-state index is -0.0138. The normalized spacial score (nSPS) is 13.4. The van der Waals surface area contributed by atoms with Crippen LogP contribution < -0.4 is 26.2 Å². The molecule has 0 spiro atoms. The molecule has 6 aromatic carbocycles. The summed E-state index contributed by atoms with van der Waals surface area (Å²) >= 11 is 1.88. The third-order valence-electron chi connectivity index (χ3n) is 9.91. The van der Waals surface area contributed by atoms with Gasteiger partial charge in [0, 0.05) is 43.3 Å². The summed E-state index contributed by atoms with van der Waals surface area (Å²) in [5.74, 6) is 0. The first-order valence-electron chi connectivity index (χ1n) is 15.9. The van der Waals surface area contributed by atoms with Crippen molar-refractivity contribution >= 4 is 111 Å². The van der Waals surface area contributed by atoms with Gasteiger partial charge in [0.25, 0.3) is 6.71 Å². The van der Waals surface area contributed by atoms with E-state index in [2.05, 4.69) is 143 Å². The summed E-state index contributed by atoms with van der Waals surface area (Å²) in [6, 6.07) is 47.9. The molecule has 0 unspecified atom stereocenters. The van der Waals surface area contributed by atoms with Gasteiger partial charge in [0.15, 0.2) is 0 Å². The van der Waals surface area contributed by atoms with Crippen LogP contribution in [0, 0.1) is 0 Å². The Morgan fingerprint density at radius 3 is 2.02 bits per heavy atom. The second-order valence-electron chi connectivity index (χ2n) is 12.4. The van der Waals surface area contributed by atoms with E-state index >= 15 is 0 Å². The van der Waals surface area contributed by atoms with Gasteiger partial charge in [-0.2, -0.15) is 0 Å². The number of nitrogens with zero attached hydrogens (tertiary/aromatic N) is 3. The van der Waals surface area contributed by atoms with Crippen LogP contribution in [0.15, 0.2) is 150 Å². The number of para-hydroxylation sites is 3. The average Bonchev–Trinajstić information content (AvgIpc) is 3.69. The zero-order valence-corrected chi connectivity index (χ0v) is 25.9. The van der Waals surface area contributed by atoms with E-state index in [1.807, 2.05) is 23.6 Å². The van der Waals surface area contributed by atoms with Crippen molar-refractivity contribution in [3.63, 3.8) is 0 Å². The van der Waals surface area contributed by atoms with Gasteiger partial charge in [-0.25, -0.2) is 0 Å². The molecule has 0 N–H and O–H groups in total. The maximum Gasteiger partial charge on any atom is 0.252 e. The van der Waals surface area contributed by atoms with Crippen LogP contribution in [0.5, 0.6) is 0 Å². The standard InChI is InChI=1S/C41H24BN3OS/c1-3-11-25(12-4-1)44-33-21-30-27-15-7-9-17-36(27)46-37(30)22-32(33)42-31-20-19-29-28-16-8-10-18-38(28)47-41(29)40(31)45(26-13-5-2-6-14-26)35-24-43-23-34(44)39(35)42/h1-24H. The van der Waals surface area contributed by atoms with E-state index in [0.717, 1.165) is 50.4 Å². The van der Waals surface area contributed by atoms with E-state index in [0.29, 0.717) is 0 Å². The van der Waals surface area contributed by atoms with Crippen molar-refractivity contribution in [2.75, 3.05) is 9.80 Å². The van der Waals surface area contributed by atoms with E-state index in [1.165, 1.54) is 42.2 Å². The highest BCUT2D eigenvalue weighted by Gasteiger charge is 2.44. The van der Waals surface area contributed by atoms with Crippen molar-refractivity contribution in [3.05, 3.63) is 146 Å². The van der Waals surface area contributed by atoms with Gasteiger partial charge in [-0.05, 0) is 64.9 Å². The molecule has 218 valence electrons. The molecule has 5 heterocycles. The van der Waals surface area contributed by atoms with Crippen LogP contribution in [-0.2, 0) is 0 Å². The Bertz CT molecular complexity index is 2710. The highest BCUT2D eigenvalue weighted by atomic mass is 32.1. The van der Waals surface area contributed by atoms with Crippen molar-refractivity contribution in [1.29, 1.82) is 0 Å². The summed E-state index contributed by atoms with van der Waals surface area (Å²) in [5.41, 5.74) is 12.4. The lowest BCUT2D eigenvalue weighted by molar-refractivity contribution is 0.669. The summed E-state index contributed by atoms with van der Waals surface area (Å²) < 4.78 is 9.13. The number of benzene rings is 6. The van der Waals surface area contributed by atoms with Crippen LogP contribution in [0.1, 0.15) is 0 Å². The lowest BCUT2D eigenvalue weighted by Gasteiger charge is -2.43. The molecule has 0 amide bonds. The quantitative estimate of drug-likeness (QED) is 0.181. The van der Waals surface area contributed by atoms with Crippen molar-refractivity contribution in [2.45, 2.75) is 0 Å². The summed E-state index contributed by atoms with van der Waals surface area (Å²) in [6.45, 7) is -0.0138. The van der Waals surface area contributed by atoms with Gasteiger partial charge in [-0.3, -0.25) is 4.98 Å². The largest absolute Gasteiger partial charge is 0.456 e. The van der Waals surface area contributed by atoms with Crippen molar-refractivity contribution < 1.29 is 4.42 Å². The number of furan rings is 1. The number of fused-ring (bicyclic) bond motifs is 11. The molecule has 4 nitrogen and oxygen atoms in total. The first kappa shape index (κ1) is 25.4. The van der Waals surface area contributed by atoms with Gasteiger partial charge < -0.3 is 14.2 Å². The minimum absolute atomic E-state index is 0.0138. The fourth-order valence-corrected chi connectivity index (χ4v) is 9.23. The Morgan fingerprint density at radius 1 is 0.532 bits per heavy atom. The third-order valence-corrected chi connectivity index (χ3v) is 11.1. The van der Waals surface area contributed by atoms with Crippen LogP contribution >= 0.6 is 11.3 Å². The molecule has 9 aromatic rings. The van der Waals surface area contributed by atoms with E-state index in [4.69, 9.17) is 9.40 Å². The maximum absolute atomic E-state index is 6.54. The predicted octanol–water partition coefficient (Wildman–Crippen LogP) is 9.43. The summed E-state index contributed by atoms with van der Waals surface area (Å²) in [7, 11) is 0. The Kier molecular flexibility index (Phi) is 5.04. The molecule has 0 atom stereocenters. The van der Waals surface area contributed by atoms with Gasteiger partial charge in [0.2, 0.25) is 0 Å². The highest BCUT2D eigenvalue weighted by molar-refractivity contribution is 7.26. The van der Waals surface area contributed by atoms with Crippen LogP contribution in [0.4, 0.5) is 34.1 Å². The summed E-state index contributed by atoms with van der Waals surface area (Å²) in [5, 5.41) is 4.83. The Balaban J connectivity index is 1.30. The van der Waals surface area contributed by atoms with Crippen LogP contribution in [0.25, 0.3) is 42.1 Å². The number of pyridine rings is 1.